The van der Waals surface area contributed by atoms with Gasteiger partial charge >= 0.3 is 0 Å². The normalized spacial score (nSPS) is 35.9. The smallest absolute Gasteiger partial charge is 0.137 e. The highest BCUT2D eigenvalue weighted by Crippen LogP contribution is 2.65. The van der Waals surface area contributed by atoms with Crippen molar-refractivity contribution in [2.45, 2.75) is 69.5 Å². The van der Waals surface area contributed by atoms with Crippen molar-refractivity contribution in [3.05, 3.63) is 65.5 Å². The lowest BCUT2D eigenvalue weighted by Gasteiger charge is -2.53. The molecule has 3 saturated carbocycles. The number of hydrogen-bond acceptors (Lipinski definition) is 4. The molecule has 0 bridgehead atoms. The molecule has 0 amide bonds. The van der Waals surface area contributed by atoms with Gasteiger partial charge in [0, 0.05) is 49.9 Å². The van der Waals surface area contributed by atoms with Crippen molar-refractivity contribution in [3.63, 3.8) is 0 Å². The highest BCUT2D eigenvalue weighted by Gasteiger charge is 2.63. The third kappa shape index (κ3) is 3.10. The summed E-state index contributed by atoms with van der Waals surface area (Å²) in [5, 5.41) is 11.8. The zero-order valence-electron chi connectivity index (χ0n) is 19.6. The van der Waals surface area contributed by atoms with Crippen molar-refractivity contribution in [2.75, 3.05) is 19.0 Å². The number of Topliss-reactive ketones (excluding diaryl/α,β-unsaturated/α-hetero) is 1. The van der Waals surface area contributed by atoms with Crippen LogP contribution >= 0.6 is 0 Å². The summed E-state index contributed by atoms with van der Waals surface area (Å²) in [6.45, 7) is 6.20. The van der Waals surface area contributed by atoms with Crippen molar-refractivity contribution in [1.29, 1.82) is 0 Å². The SMILES string of the molecule is C=CC[C@]1(O)CC[C@H]2[C@@H]3OC=C4CC(=O)CCC4=C3C(c3ccc(N(C)C)cc3)C[C@@]21C. The van der Waals surface area contributed by atoms with Crippen molar-refractivity contribution >= 4 is 11.5 Å². The molecule has 0 radical (unpaired) electrons. The molecule has 1 N–H and O–H groups in total. The maximum absolute atomic E-state index is 12.2. The molecule has 4 heteroatoms. The zero-order valence-corrected chi connectivity index (χ0v) is 19.6. The van der Waals surface area contributed by atoms with Gasteiger partial charge < -0.3 is 14.7 Å². The summed E-state index contributed by atoms with van der Waals surface area (Å²) in [5.41, 5.74) is 5.24. The van der Waals surface area contributed by atoms with Gasteiger partial charge in [-0.15, -0.1) is 6.58 Å². The number of allylic oxidation sites excluding steroid dienone is 2. The van der Waals surface area contributed by atoms with Crippen LogP contribution in [0.5, 0.6) is 0 Å². The number of nitrogens with zero attached hydrogens (tertiary/aromatic N) is 1. The predicted molar refractivity (Wildman–Crippen MR) is 128 cm³/mol. The number of ketones is 1. The summed E-state index contributed by atoms with van der Waals surface area (Å²) in [7, 11) is 4.11. The van der Waals surface area contributed by atoms with Crippen molar-refractivity contribution < 1.29 is 14.6 Å². The fraction of sp³-hybridized carbons (Fsp3) is 0.536. The molecule has 3 fully saturated rings. The molecule has 1 heterocycles. The highest BCUT2D eigenvalue weighted by molar-refractivity contribution is 5.84. The molecule has 0 aromatic heterocycles. The minimum absolute atomic E-state index is 0.0296. The van der Waals surface area contributed by atoms with Crippen LogP contribution in [-0.4, -0.2) is 36.7 Å². The van der Waals surface area contributed by atoms with Crippen LogP contribution in [0.1, 0.15) is 63.4 Å². The Bertz CT molecular complexity index is 1000. The average Bonchev–Trinajstić information content (AvgIpc) is 3.03. The summed E-state index contributed by atoms with van der Waals surface area (Å²) in [4.78, 5) is 14.3. The Balaban J connectivity index is 1.63. The van der Waals surface area contributed by atoms with Gasteiger partial charge in [-0.3, -0.25) is 4.79 Å². The number of aliphatic hydroxyl groups is 1. The van der Waals surface area contributed by atoms with E-state index in [9.17, 15) is 9.90 Å². The Labute approximate surface area is 191 Å². The van der Waals surface area contributed by atoms with E-state index in [0.29, 0.717) is 25.0 Å². The van der Waals surface area contributed by atoms with E-state index >= 15 is 0 Å². The van der Waals surface area contributed by atoms with Gasteiger partial charge in [0.2, 0.25) is 0 Å². The third-order valence-corrected chi connectivity index (χ3v) is 8.85. The minimum atomic E-state index is -0.757. The van der Waals surface area contributed by atoms with Gasteiger partial charge in [0.15, 0.2) is 0 Å². The summed E-state index contributed by atoms with van der Waals surface area (Å²) in [6.07, 6.45) is 8.87. The van der Waals surface area contributed by atoms with Gasteiger partial charge in [-0.25, -0.2) is 0 Å². The number of anilines is 1. The van der Waals surface area contributed by atoms with Gasteiger partial charge in [0.1, 0.15) is 11.9 Å². The summed E-state index contributed by atoms with van der Waals surface area (Å²) < 4.78 is 6.45. The van der Waals surface area contributed by atoms with Gasteiger partial charge in [-0.2, -0.15) is 0 Å². The molecule has 170 valence electrons. The molecule has 1 aromatic carbocycles. The highest BCUT2D eigenvalue weighted by atomic mass is 16.5. The summed E-state index contributed by atoms with van der Waals surface area (Å²) in [6, 6.07) is 8.84. The van der Waals surface area contributed by atoms with Gasteiger partial charge in [0.05, 0.1) is 11.9 Å². The van der Waals surface area contributed by atoms with Crippen LogP contribution in [0.15, 0.2) is 59.9 Å². The molecule has 1 aromatic rings. The maximum atomic E-state index is 12.2. The van der Waals surface area contributed by atoms with Crippen LogP contribution in [0, 0.1) is 11.3 Å². The van der Waals surface area contributed by atoms with E-state index in [4.69, 9.17) is 4.74 Å². The Morgan fingerprint density at radius 3 is 2.69 bits per heavy atom. The van der Waals surface area contributed by atoms with E-state index < -0.39 is 5.60 Å². The molecule has 32 heavy (non-hydrogen) atoms. The number of hydrogen-bond donors (Lipinski definition) is 1. The van der Waals surface area contributed by atoms with Crippen LogP contribution in [0.25, 0.3) is 0 Å². The molecule has 4 nitrogen and oxygen atoms in total. The minimum Gasteiger partial charge on any atom is -0.493 e. The fourth-order valence-electron chi connectivity index (χ4n) is 6.98. The van der Waals surface area contributed by atoms with Crippen LogP contribution in [0.2, 0.25) is 0 Å². The number of benzene rings is 1. The number of ether oxygens (including phenoxy) is 1. The number of carbonyl (C=O) groups excluding carboxylic acids is 1. The van der Waals surface area contributed by atoms with Gasteiger partial charge in [-0.05, 0) is 66.5 Å². The predicted octanol–water partition coefficient (Wildman–Crippen LogP) is 5.30. The van der Waals surface area contributed by atoms with E-state index in [0.717, 1.165) is 31.3 Å². The van der Waals surface area contributed by atoms with Gasteiger partial charge in [-0.1, -0.05) is 25.1 Å². The van der Waals surface area contributed by atoms with Crippen LogP contribution in [-0.2, 0) is 9.53 Å². The molecule has 1 unspecified atom stereocenters. The Morgan fingerprint density at radius 2 is 2.00 bits per heavy atom. The largest absolute Gasteiger partial charge is 0.493 e. The van der Waals surface area contributed by atoms with Gasteiger partial charge in [0.25, 0.3) is 0 Å². The van der Waals surface area contributed by atoms with E-state index in [1.807, 2.05) is 12.3 Å². The molecule has 0 spiro atoms. The quantitative estimate of drug-likeness (QED) is 0.655. The second kappa shape index (κ2) is 7.62. The second-order valence-corrected chi connectivity index (χ2v) is 10.7. The van der Waals surface area contributed by atoms with Crippen LogP contribution in [0.3, 0.4) is 0 Å². The van der Waals surface area contributed by atoms with E-state index in [1.165, 1.54) is 22.4 Å². The van der Waals surface area contributed by atoms with Crippen LogP contribution < -0.4 is 4.90 Å². The Kier molecular flexibility index (Phi) is 5.12. The summed E-state index contributed by atoms with van der Waals surface area (Å²) in [5.74, 6) is 0.748. The average molecular weight is 434 g/mol. The van der Waals surface area contributed by atoms with Crippen LogP contribution in [0.4, 0.5) is 5.69 Å². The topological polar surface area (TPSA) is 49.8 Å². The van der Waals surface area contributed by atoms with Crippen molar-refractivity contribution in [3.8, 4) is 0 Å². The first-order valence-corrected chi connectivity index (χ1v) is 12.0. The molecule has 0 saturated heterocycles. The molecule has 5 atom stereocenters. The van der Waals surface area contributed by atoms with Crippen molar-refractivity contribution in [2.24, 2.45) is 11.3 Å². The lowest BCUT2D eigenvalue weighted by molar-refractivity contribution is -0.119. The monoisotopic (exact) mass is 433 g/mol. The standard InChI is InChI=1S/C28H35NO3/c1-5-13-28(31)14-12-24-26-25(22-11-10-21(30)15-19(22)17-32-26)23(16-27(24,28)2)18-6-8-20(9-7-18)29(3)4/h5-9,17,23-24,26,31H,1,10-16H2,2-4H3/t23?,24-,26-,27-,28-/m0/s1. The molecule has 3 aliphatic carbocycles. The Hall–Kier alpha value is -2.33. The number of fused-ring (bicyclic) bond motifs is 4. The van der Waals surface area contributed by atoms with E-state index in [1.54, 1.807) is 0 Å². The Morgan fingerprint density at radius 1 is 1.25 bits per heavy atom. The van der Waals surface area contributed by atoms with Crippen molar-refractivity contribution in [1.82, 2.24) is 0 Å². The maximum Gasteiger partial charge on any atom is 0.137 e. The first-order valence-electron chi connectivity index (χ1n) is 12.0. The first-order chi connectivity index (χ1) is 15.3. The van der Waals surface area contributed by atoms with E-state index in [-0.39, 0.29) is 23.4 Å². The third-order valence-electron chi connectivity index (χ3n) is 8.85. The van der Waals surface area contributed by atoms with E-state index in [2.05, 4.69) is 56.8 Å². The lowest BCUT2D eigenvalue weighted by atomic mass is 9.55. The molecular formula is C28H35NO3. The molecule has 5 rings (SSSR count). The summed E-state index contributed by atoms with van der Waals surface area (Å²) >= 11 is 0. The number of carbonyl (C=O) groups is 1. The first kappa shape index (κ1) is 21.5. The molecular weight excluding hydrogens is 398 g/mol. The molecule has 1 aliphatic heterocycles. The zero-order chi connectivity index (χ0) is 22.7. The fourth-order valence-corrected chi connectivity index (χ4v) is 6.98. The second-order valence-electron chi connectivity index (χ2n) is 10.7. The number of rotatable bonds is 4. The molecule has 4 aliphatic rings. The lowest BCUT2D eigenvalue weighted by Crippen LogP contribution is -2.53.